The number of hydrogen-bond acceptors (Lipinski definition) is 4. The van der Waals surface area contributed by atoms with Gasteiger partial charge in [-0.2, -0.15) is 0 Å². The molecule has 5 rings (SSSR count). The van der Waals surface area contributed by atoms with Gasteiger partial charge in [-0.3, -0.25) is 4.79 Å². The van der Waals surface area contributed by atoms with Gasteiger partial charge in [0, 0.05) is 39.0 Å². The Bertz CT molecular complexity index is 1480. The molecule has 0 spiro atoms. The zero-order chi connectivity index (χ0) is 28.7. The molecular weight excluding hydrogens is 523 g/mol. The first kappa shape index (κ1) is 27.3. The van der Waals surface area contributed by atoms with Gasteiger partial charge in [-0.15, -0.1) is 0 Å². The number of methoxy groups -OCH3 is 1. The number of amides is 3. The van der Waals surface area contributed by atoms with Crippen molar-refractivity contribution in [2.45, 2.75) is 31.8 Å². The van der Waals surface area contributed by atoms with Crippen molar-refractivity contribution < 1.29 is 27.5 Å². The number of aromatic nitrogens is 2. The monoisotopic (exact) mass is 553 g/mol. The molecule has 1 aromatic heterocycles. The van der Waals surface area contributed by atoms with Gasteiger partial charge in [-0.1, -0.05) is 6.07 Å². The Morgan fingerprint density at radius 1 is 1.12 bits per heavy atom. The molecule has 0 saturated carbocycles. The second-order valence-corrected chi connectivity index (χ2v) is 10.3. The summed E-state index contributed by atoms with van der Waals surface area (Å²) >= 11 is 0. The number of hydrogen-bond donors (Lipinski definition) is 0. The molecule has 0 aliphatic carbocycles. The van der Waals surface area contributed by atoms with E-state index in [1.165, 1.54) is 4.90 Å². The molecule has 210 valence electrons. The summed E-state index contributed by atoms with van der Waals surface area (Å²) in [6, 6.07) is 5.87. The van der Waals surface area contributed by atoms with Gasteiger partial charge in [0.25, 0.3) is 5.91 Å². The lowest BCUT2D eigenvalue weighted by Crippen LogP contribution is -2.61. The van der Waals surface area contributed by atoms with E-state index in [4.69, 9.17) is 4.74 Å². The molecule has 2 saturated heterocycles. The third kappa shape index (κ3) is 5.03. The Hall–Kier alpha value is -4.28. The number of benzene rings is 2. The molecule has 11 heteroatoms. The van der Waals surface area contributed by atoms with E-state index in [1.807, 2.05) is 35.9 Å². The SMILES string of the molecule is COc1cc(C=C2CC[C@H]3CN(C(=O)N(C)C)C[C@@H](c4cc(F)c(F)c(F)c4)N3C2=O)ccc1-n1cnc(C)c1. The van der Waals surface area contributed by atoms with E-state index >= 15 is 0 Å². The number of fused-ring (bicyclic) bond motifs is 1. The second kappa shape index (κ2) is 10.7. The van der Waals surface area contributed by atoms with Crippen LogP contribution >= 0.6 is 0 Å². The number of carbonyl (C=O) groups excluding carboxylic acids is 2. The highest BCUT2D eigenvalue weighted by Gasteiger charge is 2.44. The van der Waals surface area contributed by atoms with Crippen molar-refractivity contribution in [1.29, 1.82) is 0 Å². The maximum atomic E-state index is 14.3. The fourth-order valence-corrected chi connectivity index (χ4v) is 5.46. The highest BCUT2D eigenvalue weighted by atomic mass is 19.2. The number of rotatable bonds is 4. The molecular formula is C29H30F3N5O3. The van der Waals surface area contributed by atoms with Crippen molar-refractivity contribution in [2.24, 2.45) is 0 Å². The summed E-state index contributed by atoms with van der Waals surface area (Å²) in [6.45, 7) is 2.19. The lowest BCUT2D eigenvalue weighted by Gasteiger charge is -2.49. The second-order valence-electron chi connectivity index (χ2n) is 10.3. The number of piperidine rings is 1. The summed E-state index contributed by atoms with van der Waals surface area (Å²) < 4.78 is 49.7. The van der Waals surface area contributed by atoms with Crippen LogP contribution in [0.3, 0.4) is 0 Å². The minimum atomic E-state index is -1.58. The van der Waals surface area contributed by atoms with Gasteiger partial charge in [0.15, 0.2) is 17.5 Å². The Morgan fingerprint density at radius 3 is 2.48 bits per heavy atom. The molecule has 0 unspecified atom stereocenters. The zero-order valence-corrected chi connectivity index (χ0v) is 22.7. The van der Waals surface area contributed by atoms with E-state index in [-0.39, 0.29) is 36.6 Å². The van der Waals surface area contributed by atoms with Crippen molar-refractivity contribution in [2.75, 3.05) is 34.3 Å². The van der Waals surface area contributed by atoms with Crippen molar-refractivity contribution >= 4 is 18.0 Å². The molecule has 8 nitrogen and oxygen atoms in total. The first-order chi connectivity index (χ1) is 19.1. The fourth-order valence-electron chi connectivity index (χ4n) is 5.46. The maximum absolute atomic E-state index is 14.3. The number of ether oxygens (including phenoxy) is 1. The fraction of sp³-hybridized carbons (Fsp3) is 0.345. The summed E-state index contributed by atoms with van der Waals surface area (Å²) in [6.07, 6.45) is 6.35. The van der Waals surface area contributed by atoms with Crippen molar-refractivity contribution in [3.05, 3.63) is 82.7 Å². The van der Waals surface area contributed by atoms with Crippen LogP contribution in [0.2, 0.25) is 0 Å². The van der Waals surface area contributed by atoms with Crippen LogP contribution in [0.1, 0.15) is 35.7 Å². The summed E-state index contributed by atoms with van der Waals surface area (Å²) in [5.74, 6) is -3.96. The standard InChI is InChI=1S/C29H30F3N5O3/c1-17-13-36(16-33-17)24-8-5-18(10-26(24)40-4)9-19-6-7-21-14-35(29(39)34(2)3)15-25(37(21)28(19)38)20-11-22(30)27(32)23(31)12-20/h5,8-13,16,21,25H,6-7,14-15H2,1-4H3/t21-,25-/m0/s1. The summed E-state index contributed by atoms with van der Waals surface area (Å²) in [5, 5.41) is 0. The average Bonchev–Trinajstić information content (AvgIpc) is 3.37. The predicted molar refractivity (Wildman–Crippen MR) is 142 cm³/mol. The van der Waals surface area contributed by atoms with Crippen LogP contribution in [0.15, 0.2) is 48.4 Å². The quantitative estimate of drug-likeness (QED) is 0.346. The molecule has 2 aliphatic heterocycles. The largest absolute Gasteiger partial charge is 0.495 e. The van der Waals surface area contributed by atoms with Gasteiger partial charge in [0.2, 0.25) is 0 Å². The van der Waals surface area contributed by atoms with E-state index in [9.17, 15) is 22.8 Å². The van der Waals surface area contributed by atoms with E-state index in [2.05, 4.69) is 4.98 Å². The third-order valence-electron chi connectivity index (χ3n) is 7.39. The number of piperazine rings is 1. The van der Waals surface area contributed by atoms with Gasteiger partial charge in [-0.05, 0) is 61.2 Å². The molecule has 0 radical (unpaired) electrons. The molecule has 3 amide bonds. The van der Waals surface area contributed by atoms with Crippen LogP contribution in [0.4, 0.5) is 18.0 Å². The molecule has 2 aliphatic rings. The topological polar surface area (TPSA) is 70.9 Å². The first-order valence-corrected chi connectivity index (χ1v) is 12.9. The Kier molecular flexibility index (Phi) is 7.31. The summed E-state index contributed by atoms with van der Waals surface area (Å²) in [5.41, 5.74) is 3.01. The average molecular weight is 554 g/mol. The lowest BCUT2D eigenvalue weighted by molar-refractivity contribution is -0.138. The van der Waals surface area contributed by atoms with Gasteiger partial charge in [0.1, 0.15) is 5.75 Å². The van der Waals surface area contributed by atoms with Crippen molar-refractivity contribution in [3.8, 4) is 11.4 Å². The molecule has 2 fully saturated rings. The normalized spacial score (nSPS) is 20.1. The van der Waals surface area contributed by atoms with E-state index < -0.39 is 23.5 Å². The molecule has 2 aromatic carbocycles. The van der Waals surface area contributed by atoms with Crippen molar-refractivity contribution in [1.82, 2.24) is 24.3 Å². The minimum Gasteiger partial charge on any atom is -0.495 e. The van der Waals surface area contributed by atoms with Gasteiger partial charge < -0.3 is 24.0 Å². The number of imidazole rings is 1. The predicted octanol–water partition coefficient (Wildman–Crippen LogP) is 4.72. The molecule has 2 atom stereocenters. The molecule has 0 bridgehead atoms. The number of carbonyl (C=O) groups is 2. The highest BCUT2D eigenvalue weighted by molar-refractivity contribution is 5.99. The smallest absolute Gasteiger partial charge is 0.319 e. The van der Waals surface area contributed by atoms with Gasteiger partial charge in [-0.25, -0.2) is 22.9 Å². The van der Waals surface area contributed by atoms with E-state index in [0.29, 0.717) is 24.2 Å². The Balaban J connectivity index is 1.50. The van der Waals surface area contributed by atoms with Crippen molar-refractivity contribution in [3.63, 3.8) is 0 Å². The molecule has 40 heavy (non-hydrogen) atoms. The summed E-state index contributed by atoms with van der Waals surface area (Å²) in [4.78, 5) is 35.5. The molecule has 0 N–H and O–H groups in total. The Morgan fingerprint density at radius 2 is 1.85 bits per heavy atom. The first-order valence-electron chi connectivity index (χ1n) is 12.9. The molecule has 3 heterocycles. The number of aryl methyl sites for hydroxylation is 1. The maximum Gasteiger partial charge on any atom is 0.319 e. The number of nitrogens with zero attached hydrogens (tertiary/aromatic N) is 5. The number of urea groups is 1. The number of halogens is 3. The Labute approximate surface area is 230 Å². The van der Waals surface area contributed by atoms with Crippen LogP contribution in [0.5, 0.6) is 5.75 Å². The van der Waals surface area contributed by atoms with Gasteiger partial charge >= 0.3 is 6.03 Å². The van der Waals surface area contributed by atoms with E-state index in [0.717, 1.165) is 29.1 Å². The molecule has 3 aromatic rings. The van der Waals surface area contributed by atoms with Crippen LogP contribution in [-0.2, 0) is 4.79 Å². The van der Waals surface area contributed by atoms with Crippen LogP contribution in [0, 0.1) is 24.4 Å². The van der Waals surface area contributed by atoms with E-state index in [1.54, 1.807) is 43.4 Å². The zero-order valence-electron chi connectivity index (χ0n) is 22.7. The van der Waals surface area contributed by atoms with Crippen LogP contribution in [-0.4, -0.2) is 76.5 Å². The van der Waals surface area contributed by atoms with Gasteiger partial charge in [0.05, 0.1) is 36.9 Å². The van der Waals surface area contributed by atoms with Crippen LogP contribution < -0.4 is 4.74 Å². The third-order valence-corrected chi connectivity index (χ3v) is 7.39. The summed E-state index contributed by atoms with van der Waals surface area (Å²) in [7, 11) is 4.79. The van der Waals surface area contributed by atoms with Crippen LogP contribution in [0.25, 0.3) is 11.8 Å². The highest BCUT2D eigenvalue weighted by Crippen LogP contribution is 2.38. The minimum absolute atomic E-state index is 0.0177. The lowest BCUT2D eigenvalue weighted by atomic mass is 9.88.